The van der Waals surface area contributed by atoms with Crippen molar-refractivity contribution in [1.29, 1.82) is 0 Å². The van der Waals surface area contributed by atoms with Crippen LogP contribution in [0.2, 0.25) is 0 Å². The van der Waals surface area contributed by atoms with Gasteiger partial charge in [-0.05, 0) is 18.2 Å². The number of nitrogen functional groups attached to an aromatic ring is 1. The summed E-state index contributed by atoms with van der Waals surface area (Å²) in [5.74, 6) is -0.188. The Kier molecular flexibility index (Phi) is 4.02. The van der Waals surface area contributed by atoms with Crippen LogP contribution in [0.3, 0.4) is 0 Å². The summed E-state index contributed by atoms with van der Waals surface area (Å²) in [5, 5.41) is 14.2. The number of anilines is 3. The summed E-state index contributed by atoms with van der Waals surface area (Å²) in [7, 11) is 0. The Bertz CT molecular complexity index is 716. The van der Waals surface area contributed by atoms with Gasteiger partial charge in [-0.1, -0.05) is 5.16 Å². The maximum Gasteiger partial charge on any atom is 0.418 e. The highest BCUT2D eigenvalue weighted by Gasteiger charge is 2.32. The Balaban J connectivity index is 2.35. The average molecular weight is 312 g/mol. The van der Waals surface area contributed by atoms with Crippen molar-refractivity contribution in [2.45, 2.75) is 6.18 Å². The summed E-state index contributed by atoms with van der Waals surface area (Å²) in [5.41, 5.74) is 9.76. The predicted octanol–water partition coefficient (Wildman–Crippen LogP) is 1.92. The Hall–Kier alpha value is -3.04. The Labute approximate surface area is 122 Å². The minimum atomic E-state index is -4.53. The van der Waals surface area contributed by atoms with Crippen LogP contribution in [-0.2, 0) is 6.18 Å². The lowest BCUT2D eigenvalue weighted by molar-refractivity contribution is -0.136. The van der Waals surface area contributed by atoms with Crippen LogP contribution in [0, 0.1) is 0 Å². The third kappa shape index (κ3) is 3.16. The molecule has 0 saturated heterocycles. The normalized spacial score (nSPS) is 12.2. The van der Waals surface area contributed by atoms with Crippen LogP contribution in [0.1, 0.15) is 11.3 Å². The highest BCUT2D eigenvalue weighted by atomic mass is 19.4. The van der Waals surface area contributed by atoms with Crippen molar-refractivity contribution < 1.29 is 18.4 Å². The quantitative estimate of drug-likeness (QED) is 0.226. The van der Waals surface area contributed by atoms with E-state index in [-0.39, 0.29) is 23.0 Å². The fourth-order valence-electron chi connectivity index (χ4n) is 1.70. The van der Waals surface area contributed by atoms with Crippen molar-refractivity contribution >= 4 is 23.0 Å². The van der Waals surface area contributed by atoms with Crippen molar-refractivity contribution in [1.82, 2.24) is 9.97 Å². The van der Waals surface area contributed by atoms with Gasteiger partial charge in [-0.3, -0.25) is 0 Å². The minimum absolute atomic E-state index is 0.0449. The van der Waals surface area contributed by atoms with E-state index in [1.54, 1.807) is 0 Å². The van der Waals surface area contributed by atoms with E-state index in [4.69, 9.17) is 16.7 Å². The molecule has 0 fully saturated rings. The molecular weight excluding hydrogens is 301 g/mol. The van der Waals surface area contributed by atoms with Crippen LogP contribution in [0.25, 0.3) is 0 Å². The first-order valence-corrected chi connectivity index (χ1v) is 5.85. The van der Waals surface area contributed by atoms with Crippen molar-refractivity contribution in [3.63, 3.8) is 0 Å². The molecule has 0 amide bonds. The molecule has 7 nitrogen and oxygen atoms in total. The summed E-state index contributed by atoms with van der Waals surface area (Å²) in [4.78, 5) is 7.81. The van der Waals surface area contributed by atoms with Crippen LogP contribution in [0.15, 0.2) is 35.7 Å². The van der Waals surface area contributed by atoms with Crippen LogP contribution in [-0.4, -0.2) is 21.0 Å². The number of nitrogens with one attached hydrogen (secondary N) is 1. The molecule has 0 spiro atoms. The first-order valence-electron chi connectivity index (χ1n) is 5.85. The third-order valence-electron chi connectivity index (χ3n) is 2.67. The van der Waals surface area contributed by atoms with E-state index < -0.39 is 17.4 Å². The van der Waals surface area contributed by atoms with Gasteiger partial charge >= 0.3 is 6.18 Å². The molecular formula is C12H11F3N6O. The number of hydrogen-bond acceptors (Lipinski definition) is 6. The van der Waals surface area contributed by atoms with Crippen molar-refractivity contribution in [2.24, 2.45) is 10.9 Å². The zero-order valence-corrected chi connectivity index (χ0v) is 11.0. The fourth-order valence-corrected chi connectivity index (χ4v) is 1.70. The molecule has 0 aliphatic heterocycles. The molecule has 2 rings (SSSR count). The van der Waals surface area contributed by atoms with Gasteiger partial charge in [-0.2, -0.15) is 13.2 Å². The topological polar surface area (TPSA) is 122 Å². The van der Waals surface area contributed by atoms with Gasteiger partial charge in [0.15, 0.2) is 17.3 Å². The summed E-state index contributed by atoms with van der Waals surface area (Å²) in [6.07, 6.45) is -1.88. The highest BCUT2D eigenvalue weighted by molar-refractivity contribution is 5.99. The zero-order chi connectivity index (χ0) is 16.3. The van der Waals surface area contributed by atoms with Gasteiger partial charge in [-0.15, -0.1) is 0 Å². The van der Waals surface area contributed by atoms with Crippen molar-refractivity contribution in [3.8, 4) is 0 Å². The zero-order valence-electron chi connectivity index (χ0n) is 11.0. The molecule has 0 radical (unpaired) electrons. The van der Waals surface area contributed by atoms with Gasteiger partial charge in [0.25, 0.3) is 0 Å². The molecule has 0 saturated carbocycles. The molecule has 10 heteroatoms. The summed E-state index contributed by atoms with van der Waals surface area (Å²) < 4.78 is 37.9. The van der Waals surface area contributed by atoms with E-state index in [0.717, 1.165) is 12.1 Å². The molecule has 0 unspecified atom stereocenters. The second-order valence-electron chi connectivity index (χ2n) is 4.16. The lowest BCUT2D eigenvalue weighted by Gasteiger charge is -2.13. The van der Waals surface area contributed by atoms with E-state index in [2.05, 4.69) is 20.4 Å². The number of halogens is 3. The van der Waals surface area contributed by atoms with E-state index in [1.807, 2.05) is 0 Å². The average Bonchev–Trinajstić information content (AvgIpc) is 2.45. The number of oxime groups is 1. The van der Waals surface area contributed by atoms with E-state index in [9.17, 15) is 13.2 Å². The van der Waals surface area contributed by atoms with Crippen LogP contribution in [0.4, 0.5) is 30.4 Å². The van der Waals surface area contributed by atoms with Crippen LogP contribution < -0.4 is 16.8 Å². The maximum atomic E-state index is 12.6. The highest BCUT2D eigenvalue weighted by Crippen LogP contribution is 2.35. The number of nitrogens with zero attached hydrogens (tertiary/aromatic N) is 3. The lowest BCUT2D eigenvalue weighted by Crippen LogP contribution is -2.17. The van der Waals surface area contributed by atoms with E-state index in [0.29, 0.717) is 0 Å². The molecule has 0 aliphatic rings. The Morgan fingerprint density at radius 3 is 2.50 bits per heavy atom. The molecule has 0 aliphatic carbocycles. The van der Waals surface area contributed by atoms with Gasteiger partial charge in [0.2, 0.25) is 0 Å². The number of amidine groups is 1. The molecule has 1 aromatic carbocycles. The number of benzene rings is 1. The number of rotatable bonds is 3. The summed E-state index contributed by atoms with van der Waals surface area (Å²) >= 11 is 0. The molecule has 22 heavy (non-hydrogen) atoms. The second kappa shape index (κ2) is 5.76. The van der Waals surface area contributed by atoms with E-state index in [1.165, 1.54) is 18.5 Å². The fraction of sp³-hybridized carbons (Fsp3) is 0.0833. The summed E-state index contributed by atoms with van der Waals surface area (Å²) in [6, 6.07) is 3.13. The number of nitrogens with two attached hydrogens (primary N) is 2. The number of hydrogen-bond donors (Lipinski definition) is 4. The van der Waals surface area contributed by atoms with Crippen LogP contribution in [0.5, 0.6) is 0 Å². The number of alkyl halides is 3. The molecule has 0 bridgehead atoms. The standard InChI is InChI=1S/C12H11F3N6O/c13-12(14,15)7-2-1-6(5-8(7)16)20-11-9(10(17)21-22)18-3-4-19-11/h1-5,22H,16H2,(H2,17,21)(H,19,20). The first-order chi connectivity index (χ1) is 10.3. The lowest BCUT2D eigenvalue weighted by atomic mass is 10.1. The number of aromatic nitrogens is 2. The largest absolute Gasteiger partial charge is 0.418 e. The SMILES string of the molecule is N/C(=N/O)c1nccnc1Nc1ccc(C(F)(F)F)c(N)c1. The Morgan fingerprint density at radius 1 is 1.23 bits per heavy atom. The second-order valence-corrected chi connectivity index (χ2v) is 4.16. The van der Waals surface area contributed by atoms with Gasteiger partial charge in [0.1, 0.15) is 0 Å². The molecule has 1 heterocycles. The van der Waals surface area contributed by atoms with Gasteiger partial charge < -0.3 is 22.0 Å². The molecule has 6 N–H and O–H groups in total. The molecule has 1 aromatic heterocycles. The van der Waals surface area contributed by atoms with Gasteiger partial charge in [0, 0.05) is 23.8 Å². The van der Waals surface area contributed by atoms with Crippen molar-refractivity contribution in [2.75, 3.05) is 11.1 Å². The van der Waals surface area contributed by atoms with Crippen molar-refractivity contribution in [3.05, 3.63) is 41.9 Å². The predicted molar refractivity (Wildman–Crippen MR) is 73.7 cm³/mol. The first kappa shape index (κ1) is 15.4. The molecule has 0 atom stereocenters. The van der Waals surface area contributed by atoms with Gasteiger partial charge in [-0.25, -0.2) is 9.97 Å². The van der Waals surface area contributed by atoms with Crippen LogP contribution >= 0.6 is 0 Å². The maximum absolute atomic E-state index is 12.6. The molecule has 116 valence electrons. The monoisotopic (exact) mass is 312 g/mol. The minimum Gasteiger partial charge on any atom is -0.409 e. The van der Waals surface area contributed by atoms with E-state index >= 15 is 0 Å². The Morgan fingerprint density at radius 2 is 1.91 bits per heavy atom. The molecule has 2 aromatic rings. The summed E-state index contributed by atoms with van der Waals surface area (Å²) in [6.45, 7) is 0. The third-order valence-corrected chi connectivity index (χ3v) is 2.67. The smallest absolute Gasteiger partial charge is 0.409 e. The van der Waals surface area contributed by atoms with Gasteiger partial charge in [0.05, 0.1) is 5.56 Å².